The number of hydrogen-bond donors (Lipinski definition) is 0. The van der Waals surface area contributed by atoms with Crippen LogP contribution in [0.5, 0.6) is 46.0 Å². The predicted octanol–water partition coefficient (Wildman–Crippen LogP) is 7.16. The molecule has 6 aromatic rings. The summed E-state index contributed by atoms with van der Waals surface area (Å²) in [5.74, 6) is 5.96. The second-order valence-electron chi connectivity index (χ2n) is 13.9. The fourth-order valence-corrected chi connectivity index (χ4v) is 12.8. The van der Waals surface area contributed by atoms with E-state index in [4.69, 9.17) is 37.9 Å². The van der Waals surface area contributed by atoms with Crippen molar-refractivity contribution in [1.29, 1.82) is 0 Å². The lowest BCUT2D eigenvalue weighted by Gasteiger charge is -2.27. The van der Waals surface area contributed by atoms with Crippen molar-refractivity contribution >= 4 is 47.7 Å². The summed E-state index contributed by atoms with van der Waals surface area (Å²) < 4.78 is 46.4. The van der Waals surface area contributed by atoms with Crippen LogP contribution < -0.4 is 69.7 Å². The molecule has 0 aliphatic heterocycles. The van der Waals surface area contributed by atoms with E-state index in [0.717, 1.165) is 92.9 Å². The number of hydrogen-bond acceptors (Lipinski definition) is 8. The Balaban J connectivity index is 1.38. The summed E-state index contributed by atoms with van der Waals surface area (Å²) in [6.45, 7) is 0. The maximum Gasteiger partial charge on any atom is 0.123 e. The number of rotatable bonds is 14. The third-order valence-electron chi connectivity index (χ3n) is 10.5. The zero-order valence-electron chi connectivity index (χ0n) is 34.4. The molecule has 0 fully saturated rings. The number of methoxy groups -OCH3 is 8. The number of benzene rings is 6. The fourth-order valence-electron chi connectivity index (χ4n) is 7.47. The molecule has 10 rings (SSSR count). The SMILES string of the molecule is COc1cc(OC)cc(P(c2cc(OC)cc(OC)c2)c2cc3ccc2CCc2ccc(c(P(c4cc(OC)cc(OC)c4)c4cc(OC)cc(OC)c4)c2)CC3)c1. The molecule has 0 spiro atoms. The van der Waals surface area contributed by atoms with Crippen molar-refractivity contribution in [3.8, 4) is 46.0 Å². The van der Waals surface area contributed by atoms with Crippen LogP contribution in [0.3, 0.4) is 0 Å². The molecule has 8 nitrogen and oxygen atoms in total. The first-order chi connectivity index (χ1) is 28.3. The van der Waals surface area contributed by atoms with Gasteiger partial charge >= 0.3 is 0 Å². The minimum absolute atomic E-state index is 0.745. The molecular formula is C48H50O8P2. The molecule has 0 heterocycles. The lowest BCUT2D eigenvalue weighted by atomic mass is 9.96. The molecule has 0 amide bonds. The summed E-state index contributed by atoms with van der Waals surface area (Å²) in [5.41, 5.74) is 5.12. The molecule has 4 aliphatic rings. The summed E-state index contributed by atoms with van der Waals surface area (Å²) in [7, 11) is 11.4. The van der Waals surface area contributed by atoms with E-state index in [2.05, 4.69) is 84.9 Å². The minimum Gasteiger partial charge on any atom is -0.497 e. The Hall–Kier alpha value is -5.42. The van der Waals surface area contributed by atoms with Gasteiger partial charge in [0.25, 0.3) is 0 Å². The normalized spacial score (nSPS) is 12.2. The van der Waals surface area contributed by atoms with Gasteiger partial charge < -0.3 is 37.9 Å². The first kappa shape index (κ1) is 40.8. The largest absolute Gasteiger partial charge is 0.497 e. The summed E-state index contributed by atoms with van der Waals surface area (Å²) in [6.07, 6.45) is 3.37. The second kappa shape index (κ2) is 18.4. The van der Waals surface area contributed by atoms with Crippen LogP contribution in [0, 0.1) is 0 Å². The van der Waals surface area contributed by atoms with E-state index in [1.807, 2.05) is 24.3 Å². The monoisotopic (exact) mass is 816 g/mol. The summed E-state index contributed by atoms with van der Waals surface area (Å²) >= 11 is 0. The predicted molar refractivity (Wildman–Crippen MR) is 238 cm³/mol. The molecule has 58 heavy (non-hydrogen) atoms. The third-order valence-corrected chi connectivity index (χ3v) is 15.4. The van der Waals surface area contributed by atoms with Gasteiger partial charge in [-0.1, -0.05) is 36.4 Å². The Morgan fingerprint density at radius 3 is 0.759 bits per heavy atom. The van der Waals surface area contributed by atoms with Crippen LogP contribution in [0.4, 0.5) is 0 Å². The molecule has 0 unspecified atom stereocenters. The van der Waals surface area contributed by atoms with Crippen molar-refractivity contribution in [1.82, 2.24) is 0 Å². The second-order valence-corrected chi connectivity index (χ2v) is 18.3. The van der Waals surface area contributed by atoms with Crippen LogP contribution in [-0.4, -0.2) is 56.9 Å². The Labute approximate surface area is 344 Å². The molecule has 4 bridgehead atoms. The maximum absolute atomic E-state index is 5.80. The van der Waals surface area contributed by atoms with Crippen molar-refractivity contribution < 1.29 is 37.9 Å². The van der Waals surface area contributed by atoms with Gasteiger partial charge in [-0.2, -0.15) is 0 Å². The summed E-state index contributed by atoms with van der Waals surface area (Å²) in [6, 6.07) is 38.9. The van der Waals surface area contributed by atoms with Crippen molar-refractivity contribution in [2.24, 2.45) is 0 Å². The maximum atomic E-state index is 5.80. The third kappa shape index (κ3) is 8.84. The average molecular weight is 817 g/mol. The van der Waals surface area contributed by atoms with E-state index in [0.29, 0.717) is 0 Å². The highest BCUT2D eigenvalue weighted by Crippen LogP contribution is 2.42. The van der Waals surface area contributed by atoms with E-state index < -0.39 is 15.8 Å². The zero-order chi connectivity index (χ0) is 40.8. The van der Waals surface area contributed by atoms with E-state index in [-0.39, 0.29) is 0 Å². The van der Waals surface area contributed by atoms with Gasteiger partial charge in [0, 0.05) is 24.3 Å². The van der Waals surface area contributed by atoms with Gasteiger partial charge in [-0.3, -0.25) is 0 Å². The van der Waals surface area contributed by atoms with Gasteiger partial charge in [0.1, 0.15) is 46.0 Å². The van der Waals surface area contributed by atoms with Gasteiger partial charge in [0.2, 0.25) is 0 Å². The highest BCUT2D eigenvalue weighted by Gasteiger charge is 2.27. The summed E-state index contributed by atoms with van der Waals surface area (Å²) in [4.78, 5) is 0. The van der Waals surface area contributed by atoms with Gasteiger partial charge in [-0.15, -0.1) is 0 Å². The van der Waals surface area contributed by atoms with Crippen LogP contribution in [0.25, 0.3) is 0 Å². The lowest BCUT2D eigenvalue weighted by Crippen LogP contribution is -2.26. The van der Waals surface area contributed by atoms with Gasteiger partial charge in [-0.05, 0) is 144 Å². The average Bonchev–Trinajstić information content (AvgIpc) is 3.27. The Bertz CT molecular complexity index is 2030. The smallest absolute Gasteiger partial charge is 0.123 e. The molecule has 10 heteroatoms. The number of ether oxygens (including phenoxy) is 8. The van der Waals surface area contributed by atoms with Gasteiger partial charge in [-0.25, -0.2) is 0 Å². The Morgan fingerprint density at radius 2 is 0.534 bits per heavy atom. The van der Waals surface area contributed by atoms with Gasteiger partial charge in [0.15, 0.2) is 0 Å². The minimum atomic E-state index is -1.10. The van der Waals surface area contributed by atoms with Crippen LogP contribution in [0.2, 0.25) is 0 Å². The van der Waals surface area contributed by atoms with Crippen LogP contribution in [0.15, 0.2) is 109 Å². The van der Waals surface area contributed by atoms with E-state index >= 15 is 0 Å². The molecule has 6 aromatic carbocycles. The molecule has 0 N–H and O–H groups in total. The molecule has 300 valence electrons. The molecular weight excluding hydrogens is 766 g/mol. The molecule has 0 saturated carbocycles. The van der Waals surface area contributed by atoms with Crippen LogP contribution >= 0.6 is 15.8 Å². The first-order valence-corrected chi connectivity index (χ1v) is 21.7. The fraction of sp³-hybridized carbons (Fsp3) is 0.250. The summed E-state index contributed by atoms with van der Waals surface area (Å²) in [5, 5.41) is 7.05. The Morgan fingerprint density at radius 1 is 0.293 bits per heavy atom. The van der Waals surface area contributed by atoms with Crippen molar-refractivity contribution in [3.05, 3.63) is 131 Å². The Kier molecular flexibility index (Phi) is 13.0. The molecule has 0 aromatic heterocycles. The van der Waals surface area contributed by atoms with E-state index in [9.17, 15) is 0 Å². The van der Waals surface area contributed by atoms with Crippen LogP contribution in [0.1, 0.15) is 22.3 Å². The zero-order valence-corrected chi connectivity index (χ0v) is 36.2. The quantitative estimate of drug-likeness (QED) is 0.107. The van der Waals surface area contributed by atoms with E-state index in [1.54, 1.807) is 56.9 Å². The van der Waals surface area contributed by atoms with Crippen LogP contribution in [-0.2, 0) is 25.7 Å². The lowest BCUT2D eigenvalue weighted by molar-refractivity contribution is 0.394. The molecule has 4 aliphatic carbocycles. The van der Waals surface area contributed by atoms with Crippen molar-refractivity contribution in [2.45, 2.75) is 25.7 Å². The highest BCUT2D eigenvalue weighted by molar-refractivity contribution is 7.80. The highest BCUT2D eigenvalue weighted by atomic mass is 31.1. The standard InChI is InChI=1S/C48H50O8P2/c1-49-35-19-36(50-2)24-43(23-35)57(44-25-37(51-3)20-38(26-44)52-4)47-17-31-9-13-33(47)15-11-32-10-14-34(16-12-31)48(18-32)58(45-27-39(53-5)21-40(28-45)54-6)46-29-41(55-7)22-42(30-46)56-8/h9-10,13-14,17-30H,11-12,15-16H2,1-8H3. The van der Waals surface area contributed by atoms with Crippen molar-refractivity contribution in [3.63, 3.8) is 0 Å². The molecule has 0 atom stereocenters. The van der Waals surface area contributed by atoms with E-state index in [1.165, 1.54) is 32.9 Å². The molecule has 0 radical (unpaired) electrons. The molecule has 0 saturated heterocycles. The number of aryl methyl sites for hydroxylation is 4. The van der Waals surface area contributed by atoms with Crippen molar-refractivity contribution in [2.75, 3.05) is 56.9 Å². The first-order valence-electron chi connectivity index (χ1n) is 19.1. The van der Waals surface area contributed by atoms with Gasteiger partial charge in [0.05, 0.1) is 56.9 Å². The topological polar surface area (TPSA) is 73.8 Å².